The Morgan fingerprint density at radius 3 is 2.32 bits per heavy atom. The molecule has 1 aliphatic heterocycles. The first-order valence-corrected chi connectivity index (χ1v) is 11.3. The smallest absolute Gasteiger partial charge is 0.308 e. The first-order valence-electron chi connectivity index (χ1n) is 9.67. The fraction of sp³-hybridized carbons (Fsp3) is 0.842. The third-order valence-corrected chi connectivity index (χ3v) is 8.35. The van der Waals surface area contributed by atoms with Crippen LogP contribution in [0.1, 0.15) is 46.5 Å². The Balaban J connectivity index is 2.22. The van der Waals surface area contributed by atoms with Gasteiger partial charge in [0.2, 0.25) is 10.0 Å². The summed E-state index contributed by atoms with van der Waals surface area (Å²) in [5.74, 6) is -1.18. The van der Waals surface area contributed by atoms with Crippen molar-refractivity contribution in [2.45, 2.75) is 57.7 Å². The Labute approximate surface area is 167 Å². The van der Waals surface area contributed by atoms with Crippen LogP contribution in [0.3, 0.4) is 0 Å². The maximum Gasteiger partial charge on any atom is 0.308 e. The molecule has 9 heteroatoms. The topological polar surface area (TPSA) is 124 Å². The Bertz CT molecular complexity index is 725. The Hall–Kier alpha value is -1.00. The zero-order valence-electron chi connectivity index (χ0n) is 17.1. The number of aliphatic hydroxyl groups is 3. The number of piperidine rings is 1. The molecule has 0 bridgehead atoms. The highest BCUT2D eigenvalue weighted by Gasteiger charge is 2.54. The number of ether oxygens (including phenoxy) is 1. The van der Waals surface area contributed by atoms with E-state index in [9.17, 15) is 28.5 Å². The molecule has 0 spiro atoms. The first kappa shape index (κ1) is 23.3. The summed E-state index contributed by atoms with van der Waals surface area (Å²) in [4.78, 5) is 11.6. The van der Waals surface area contributed by atoms with E-state index in [0.29, 0.717) is 19.3 Å². The lowest BCUT2D eigenvalue weighted by atomic mass is 9.60. The van der Waals surface area contributed by atoms with Crippen molar-refractivity contribution in [3.8, 4) is 0 Å². The summed E-state index contributed by atoms with van der Waals surface area (Å²) in [5, 5.41) is 31.8. The van der Waals surface area contributed by atoms with E-state index in [4.69, 9.17) is 4.74 Å². The minimum atomic E-state index is -3.80. The number of hydrogen-bond acceptors (Lipinski definition) is 7. The summed E-state index contributed by atoms with van der Waals surface area (Å²) < 4.78 is 31.9. The average Bonchev–Trinajstić information content (AvgIpc) is 2.63. The molecule has 0 aromatic rings. The Morgan fingerprint density at radius 2 is 1.86 bits per heavy atom. The van der Waals surface area contributed by atoms with Gasteiger partial charge >= 0.3 is 5.97 Å². The van der Waals surface area contributed by atoms with Crippen LogP contribution in [-0.4, -0.2) is 77.8 Å². The van der Waals surface area contributed by atoms with Gasteiger partial charge in [-0.3, -0.25) is 4.79 Å². The number of rotatable bonds is 6. The van der Waals surface area contributed by atoms with Gasteiger partial charge in [-0.2, -0.15) is 0 Å². The predicted molar refractivity (Wildman–Crippen MR) is 104 cm³/mol. The van der Waals surface area contributed by atoms with Crippen LogP contribution in [0.4, 0.5) is 0 Å². The van der Waals surface area contributed by atoms with Crippen molar-refractivity contribution in [3.05, 3.63) is 11.6 Å². The van der Waals surface area contributed by atoms with E-state index in [1.54, 1.807) is 20.8 Å². The van der Waals surface area contributed by atoms with Crippen LogP contribution in [-0.2, 0) is 19.6 Å². The van der Waals surface area contributed by atoms with Gasteiger partial charge in [-0.25, -0.2) is 12.7 Å². The quantitative estimate of drug-likeness (QED) is 0.421. The summed E-state index contributed by atoms with van der Waals surface area (Å²) in [6.07, 6.45) is 2.47. The molecule has 1 fully saturated rings. The minimum Gasteiger partial charge on any atom is -0.469 e. The van der Waals surface area contributed by atoms with Gasteiger partial charge in [0.1, 0.15) is 0 Å². The van der Waals surface area contributed by atoms with E-state index in [1.165, 1.54) is 17.5 Å². The largest absolute Gasteiger partial charge is 0.469 e. The molecule has 162 valence electrons. The molecule has 8 nitrogen and oxygen atoms in total. The van der Waals surface area contributed by atoms with E-state index < -0.39 is 39.0 Å². The molecule has 1 heterocycles. The van der Waals surface area contributed by atoms with Crippen LogP contribution in [0.5, 0.6) is 0 Å². The molecule has 1 saturated heterocycles. The highest BCUT2D eigenvalue weighted by molar-refractivity contribution is 7.89. The third-order valence-electron chi connectivity index (χ3n) is 6.34. The lowest BCUT2D eigenvalue weighted by molar-refractivity contribution is -0.146. The second-order valence-electron chi connectivity index (χ2n) is 8.66. The normalized spacial score (nSPS) is 32.0. The molecular formula is C19H33NO7S. The first-order chi connectivity index (χ1) is 12.8. The van der Waals surface area contributed by atoms with Gasteiger partial charge in [-0.15, -0.1) is 0 Å². The highest BCUT2D eigenvalue weighted by Crippen LogP contribution is 2.49. The molecule has 1 aliphatic carbocycles. The number of sulfonamides is 1. The molecule has 2 aliphatic rings. The van der Waals surface area contributed by atoms with E-state index in [-0.39, 0.29) is 37.0 Å². The number of aliphatic hydroxyl groups excluding tert-OH is 1. The summed E-state index contributed by atoms with van der Waals surface area (Å²) in [6, 6.07) is 0. The molecule has 0 aromatic carbocycles. The Morgan fingerprint density at radius 1 is 1.29 bits per heavy atom. The van der Waals surface area contributed by atoms with E-state index in [2.05, 4.69) is 0 Å². The Kier molecular flexibility index (Phi) is 6.67. The fourth-order valence-electron chi connectivity index (χ4n) is 4.76. The van der Waals surface area contributed by atoms with Crippen LogP contribution in [0.25, 0.3) is 0 Å². The van der Waals surface area contributed by atoms with Crippen molar-refractivity contribution in [2.24, 2.45) is 11.3 Å². The number of methoxy groups -OCH3 is 1. The van der Waals surface area contributed by atoms with Crippen molar-refractivity contribution >= 4 is 16.0 Å². The molecule has 2 unspecified atom stereocenters. The third kappa shape index (κ3) is 4.28. The van der Waals surface area contributed by atoms with Gasteiger partial charge in [-0.05, 0) is 37.3 Å². The molecule has 28 heavy (non-hydrogen) atoms. The molecule has 3 N–H and O–H groups in total. The van der Waals surface area contributed by atoms with Crippen molar-refractivity contribution in [2.75, 3.05) is 32.6 Å². The average molecular weight is 420 g/mol. The summed E-state index contributed by atoms with van der Waals surface area (Å²) in [6.45, 7) is 5.24. The maximum absolute atomic E-state index is 12.9. The van der Waals surface area contributed by atoms with Crippen LogP contribution < -0.4 is 0 Å². The van der Waals surface area contributed by atoms with Gasteiger partial charge in [0.25, 0.3) is 0 Å². The second kappa shape index (κ2) is 8.02. The number of esters is 1. The second-order valence-corrected chi connectivity index (χ2v) is 10.6. The van der Waals surface area contributed by atoms with Gasteiger partial charge in [0.15, 0.2) is 0 Å². The lowest BCUT2D eigenvalue weighted by Crippen LogP contribution is -2.57. The molecule has 0 amide bonds. The zero-order chi connectivity index (χ0) is 21.4. The molecular weight excluding hydrogens is 386 g/mol. The SMILES string of the molecule is CCC1(O)C(CO)=CC(O)(CS(=O)(=O)N2CCC(C(=O)OC)CC2)CC1(C)C. The van der Waals surface area contributed by atoms with Crippen LogP contribution in [0.2, 0.25) is 0 Å². The van der Waals surface area contributed by atoms with Crippen molar-refractivity contribution in [1.82, 2.24) is 4.31 Å². The molecule has 0 saturated carbocycles. The summed E-state index contributed by atoms with van der Waals surface area (Å²) in [7, 11) is -2.49. The summed E-state index contributed by atoms with van der Waals surface area (Å²) >= 11 is 0. The number of carbonyl (C=O) groups is 1. The molecule has 0 aromatic heterocycles. The molecule has 2 atom stereocenters. The standard InChI is InChI=1S/C19H33NO7S/c1-5-19(24)15(11-21)10-18(23,12-17(19,2)3)13-28(25,26)20-8-6-14(7-9-20)16(22)27-4/h10,14,21,23-24H,5-9,11-13H2,1-4H3. The fourth-order valence-corrected chi connectivity index (χ4v) is 6.53. The molecule has 2 rings (SSSR count). The van der Waals surface area contributed by atoms with E-state index in [0.717, 1.165) is 0 Å². The van der Waals surface area contributed by atoms with Crippen LogP contribution in [0.15, 0.2) is 11.6 Å². The summed E-state index contributed by atoms with van der Waals surface area (Å²) in [5.41, 5.74) is -3.58. The van der Waals surface area contributed by atoms with Crippen LogP contribution in [0, 0.1) is 11.3 Å². The van der Waals surface area contributed by atoms with Crippen molar-refractivity contribution < 1.29 is 33.3 Å². The monoisotopic (exact) mass is 419 g/mol. The van der Waals surface area contributed by atoms with Gasteiger partial charge in [0.05, 0.1) is 36.6 Å². The number of carbonyl (C=O) groups excluding carboxylic acids is 1. The van der Waals surface area contributed by atoms with Crippen molar-refractivity contribution in [1.29, 1.82) is 0 Å². The van der Waals surface area contributed by atoms with E-state index >= 15 is 0 Å². The van der Waals surface area contributed by atoms with Gasteiger partial charge in [-0.1, -0.05) is 20.8 Å². The number of hydrogen-bond donors (Lipinski definition) is 3. The molecule has 0 radical (unpaired) electrons. The highest BCUT2D eigenvalue weighted by atomic mass is 32.2. The van der Waals surface area contributed by atoms with Gasteiger partial charge < -0.3 is 20.1 Å². The zero-order valence-corrected chi connectivity index (χ0v) is 18.0. The van der Waals surface area contributed by atoms with Crippen LogP contribution >= 0.6 is 0 Å². The minimum absolute atomic E-state index is 0.0473. The lowest BCUT2D eigenvalue weighted by Gasteiger charge is -2.51. The van der Waals surface area contributed by atoms with Gasteiger partial charge in [0, 0.05) is 18.5 Å². The predicted octanol–water partition coefficient (Wildman–Crippen LogP) is 0.422. The van der Waals surface area contributed by atoms with E-state index in [1.807, 2.05) is 0 Å². The van der Waals surface area contributed by atoms with Crippen molar-refractivity contribution in [3.63, 3.8) is 0 Å². The maximum atomic E-state index is 12.9. The number of nitrogens with zero attached hydrogens (tertiary/aromatic N) is 1.